The molecule has 22 heavy (non-hydrogen) atoms. The molecule has 0 unspecified atom stereocenters. The minimum atomic E-state index is -1.09. The molecule has 0 aliphatic carbocycles. The maximum Gasteiger partial charge on any atom is 0.305 e. The fraction of sp³-hybridized carbons (Fsp3) is 0. The van der Waals surface area contributed by atoms with E-state index >= 15 is 0 Å². The van der Waals surface area contributed by atoms with Gasteiger partial charge in [0.2, 0.25) is 5.82 Å². The summed E-state index contributed by atoms with van der Waals surface area (Å²) < 4.78 is 13.3. The molecule has 112 valence electrons. The minimum absolute atomic E-state index is 0.0532. The zero-order valence-corrected chi connectivity index (χ0v) is 11.4. The molecule has 2 aromatic carbocycles. The number of nitro groups is 2. The van der Waals surface area contributed by atoms with E-state index in [9.17, 15) is 29.4 Å². The highest BCUT2D eigenvalue weighted by atomic mass is 35.5. The van der Waals surface area contributed by atoms with Crippen molar-refractivity contribution in [2.45, 2.75) is 0 Å². The van der Waals surface area contributed by atoms with E-state index in [1.165, 1.54) is 6.07 Å². The van der Waals surface area contributed by atoms with Crippen LogP contribution in [-0.4, -0.2) is 15.6 Å². The van der Waals surface area contributed by atoms with E-state index in [-0.39, 0.29) is 21.8 Å². The van der Waals surface area contributed by atoms with Gasteiger partial charge in [-0.25, -0.2) is 0 Å². The number of nitrogens with zero attached hydrogens (tertiary/aromatic N) is 2. The third-order valence-electron chi connectivity index (χ3n) is 2.81. The Bertz CT molecular complexity index is 809. The second kappa shape index (κ2) is 5.86. The minimum Gasteiger partial charge on any atom is -0.289 e. The van der Waals surface area contributed by atoms with Gasteiger partial charge in [-0.05, 0) is 18.2 Å². The zero-order valence-electron chi connectivity index (χ0n) is 10.7. The Kier molecular flexibility index (Phi) is 4.13. The zero-order chi connectivity index (χ0) is 16.4. The first-order valence-electron chi connectivity index (χ1n) is 5.74. The predicted molar refractivity (Wildman–Crippen MR) is 74.6 cm³/mol. The summed E-state index contributed by atoms with van der Waals surface area (Å²) in [6.07, 6.45) is 0. The Labute approximate surface area is 127 Å². The van der Waals surface area contributed by atoms with Crippen LogP contribution in [0.4, 0.5) is 15.8 Å². The van der Waals surface area contributed by atoms with Crippen LogP contribution in [0.3, 0.4) is 0 Å². The van der Waals surface area contributed by atoms with Crippen LogP contribution in [0.15, 0.2) is 36.4 Å². The number of halogens is 2. The van der Waals surface area contributed by atoms with E-state index in [2.05, 4.69) is 0 Å². The predicted octanol–water partition coefficient (Wildman–Crippen LogP) is 3.53. The molecular formula is C13H6ClFN2O5. The van der Waals surface area contributed by atoms with Crippen molar-refractivity contribution in [3.8, 4) is 0 Å². The maximum absolute atomic E-state index is 13.3. The van der Waals surface area contributed by atoms with Crippen LogP contribution in [0.25, 0.3) is 0 Å². The second-order valence-corrected chi connectivity index (χ2v) is 4.58. The number of rotatable bonds is 4. The van der Waals surface area contributed by atoms with Gasteiger partial charge in [0.1, 0.15) is 0 Å². The van der Waals surface area contributed by atoms with E-state index in [1.54, 1.807) is 0 Å². The molecule has 0 radical (unpaired) electrons. The number of carbonyl (C=O) groups excluding carboxylic acids is 1. The van der Waals surface area contributed by atoms with Gasteiger partial charge in [-0.2, -0.15) is 4.39 Å². The number of ketones is 1. The second-order valence-electron chi connectivity index (χ2n) is 4.17. The summed E-state index contributed by atoms with van der Waals surface area (Å²) in [5, 5.41) is 21.4. The van der Waals surface area contributed by atoms with Crippen molar-refractivity contribution in [2.75, 3.05) is 0 Å². The average Bonchev–Trinajstić information content (AvgIpc) is 2.47. The molecule has 9 heteroatoms. The summed E-state index contributed by atoms with van der Waals surface area (Å²) in [6, 6.07) is 5.82. The van der Waals surface area contributed by atoms with Crippen LogP contribution in [0.2, 0.25) is 5.02 Å². The van der Waals surface area contributed by atoms with Gasteiger partial charge in [-0.15, -0.1) is 0 Å². The van der Waals surface area contributed by atoms with Crippen LogP contribution in [0, 0.1) is 26.0 Å². The van der Waals surface area contributed by atoms with Crippen molar-refractivity contribution < 1.29 is 19.0 Å². The van der Waals surface area contributed by atoms with Gasteiger partial charge in [0.25, 0.3) is 5.69 Å². The van der Waals surface area contributed by atoms with Crippen LogP contribution in [0.1, 0.15) is 15.9 Å². The fourth-order valence-corrected chi connectivity index (χ4v) is 1.95. The largest absolute Gasteiger partial charge is 0.305 e. The van der Waals surface area contributed by atoms with Gasteiger partial charge in [-0.1, -0.05) is 11.6 Å². The standard InChI is InChI=1S/C13H6ClFN2O5/c14-10-3-2-8(16(19)20)6-9(10)13(18)7-1-4-11(15)12(5-7)17(21)22/h1-6H. The van der Waals surface area contributed by atoms with E-state index < -0.39 is 27.1 Å². The van der Waals surface area contributed by atoms with Crippen molar-refractivity contribution in [1.29, 1.82) is 0 Å². The molecule has 0 aromatic heterocycles. The molecular weight excluding hydrogens is 319 g/mol. The Morgan fingerprint density at radius 3 is 2.32 bits per heavy atom. The summed E-state index contributed by atoms with van der Waals surface area (Å²) in [5.41, 5.74) is -1.62. The Morgan fingerprint density at radius 2 is 1.73 bits per heavy atom. The Morgan fingerprint density at radius 1 is 1.05 bits per heavy atom. The van der Waals surface area contributed by atoms with Gasteiger partial charge < -0.3 is 0 Å². The Hall–Kier alpha value is -2.87. The summed E-state index contributed by atoms with van der Waals surface area (Å²) in [4.78, 5) is 32.0. The molecule has 0 spiro atoms. The molecule has 0 saturated carbocycles. The first kappa shape index (κ1) is 15.5. The molecule has 2 rings (SSSR count). The van der Waals surface area contributed by atoms with Gasteiger partial charge >= 0.3 is 5.69 Å². The third kappa shape index (κ3) is 2.91. The topological polar surface area (TPSA) is 103 Å². The summed E-state index contributed by atoms with van der Waals surface area (Å²) in [5.74, 6) is -1.87. The molecule has 0 fully saturated rings. The summed E-state index contributed by atoms with van der Waals surface area (Å²) in [7, 11) is 0. The van der Waals surface area contributed by atoms with Crippen molar-refractivity contribution in [1.82, 2.24) is 0 Å². The quantitative estimate of drug-likeness (QED) is 0.486. The molecule has 0 amide bonds. The van der Waals surface area contributed by atoms with Crippen molar-refractivity contribution in [3.63, 3.8) is 0 Å². The van der Waals surface area contributed by atoms with Crippen molar-refractivity contribution in [3.05, 3.63) is 78.6 Å². The number of hydrogen-bond acceptors (Lipinski definition) is 5. The number of benzene rings is 2. The molecule has 2 aromatic rings. The average molecular weight is 325 g/mol. The smallest absolute Gasteiger partial charge is 0.289 e. The highest BCUT2D eigenvalue weighted by Gasteiger charge is 2.21. The van der Waals surface area contributed by atoms with Crippen LogP contribution < -0.4 is 0 Å². The summed E-state index contributed by atoms with van der Waals surface area (Å²) in [6.45, 7) is 0. The lowest BCUT2D eigenvalue weighted by molar-refractivity contribution is -0.387. The molecule has 0 saturated heterocycles. The Balaban J connectivity index is 2.53. The first-order valence-corrected chi connectivity index (χ1v) is 6.11. The number of nitro benzene ring substituents is 2. The SMILES string of the molecule is O=C(c1ccc(F)c([N+](=O)[O-])c1)c1cc([N+](=O)[O-])ccc1Cl. The van der Waals surface area contributed by atoms with Crippen LogP contribution >= 0.6 is 11.6 Å². The molecule has 0 heterocycles. The van der Waals surface area contributed by atoms with Crippen molar-refractivity contribution >= 4 is 28.8 Å². The fourth-order valence-electron chi connectivity index (χ4n) is 1.75. The molecule has 0 N–H and O–H groups in total. The first-order chi connectivity index (χ1) is 10.3. The molecule has 0 bridgehead atoms. The summed E-state index contributed by atoms with van der Waals surface area (Å²) >= 11 is 5.83. The highest BCUT2D eigenvalue weighted by Crippen LogP contribution is 2.26. The lowest BCUT2D eigenvalue weighted by Gasteiger charge is -2.04. The van der Waals surface area contributed by atoms with Crippen LogP contribution in [0.5, 0.6) is 0 Å². The number of hydrogen-bond donors (Lipinski definition) is 0. The lowest BCUT2D eigenvalue weighted by atomic mass is 10.0. The van der Waals surface area contributed by atoms with Gasteiger partial charge in [-0.3, -0.25) is 25.0 Å². The maximum atomic E-state index is 13.3. The number of carbonyl (C=O) groups is 1. The normalized spacial score (nSPS) is 10.3. The molecule has 0 aliphatic heterocycles. The van der Waals surface area contributed by atoms with Gasteiger partial charge in [0.05, 0.1) is 14.9 Å². The molecule has 0 aliphatic rings. The van der Waals surface area contributed by atoms with E-state index in [1.807, 2.05) is 0 Å². The van der Waals surface area contributed by atoms with E-state index in [0.29, 0.717) is 0 Å². The highest BCUT2D eigenvalue weighted by molar-refractivity contribution is 6.35. The third-order valence-corrected chi connectivity index (χ3v) is 3.14. The van der Waals surface area contributed by atoms with E-state index in [4.69, 9.17) is 11.6 Å². The number of non-ortho nitro benzene ring substituents is 1. The molecule has 0 atom stereocenters. The van der Waals surface area contributed by atoms with Crippen molar-refractivity contribution in [2.24, 2.45) is 0 Å². The monoisotopic (exact) mass is 324 g/mol. The van der Waals surface area contributed by atoms with Gasteiger partial charge in [0.15, 0.2) is 5.78 Å². The van der Waals surface area contributed by atoms with Crippen LogP contribution in [-0.2, 0) is 0 Å². The van der Waals surface area contributed by atoms with E-state index in [0.717, 1.165) is 30.3 Å². The lowest BCUT2D eigenvalue weighted by Crippen LogP contribution is -2.05. The van der Waals surface area contributed by atoms with Gasteiger partial charge in [0, 0.05) is 29.3 Å². The molecule has 7 nitrogen and oxygen atoms in total.